The molecule has 0 bridgehead atoms. The molecule has 0 aliphatic carbocycles. The number of benzene rings is 2. The van der Waals surface area contributed by atoms with Gasteiger partial charge in [-0.05, 0) is 31.2 Å². The minimum absolute atomic E-state index is 0.133. The van der Waals surface area contributed by atoms with Gasteiger partial charge in [-0.2, -0.15) is 0 Å². The van der Waals surface area contributed by atoms with Gasteiger partial charge in [-0.15, -0.1) is 0 Å². The fourth-order valence-corrected chi connectivity index (χ4v) is 2.53. The number of carbonyl (C=O) groups excluding carboxylic acids is 3. The lowest BCUT2D eigenvalue weighted by Crippen LogP contribution is -2.35. The van der Waals surface area contributed by atoms with E-state index in [1.807, 2.05) is 6.07 Å². The Labute approximate surface area is 162 Å². The van der Waals surface area contributed by atoms with Crippen LogP contribution in [-0.4, -0.2) is 23.8 Å². The summed E-state index contributed by atoms with van der Waals surface area (Å²) < 4.78 is 10.3. The molecule has 0 saturated heterocycles. The van der Waals surface area contributed by atoms with Gasteiger partial charge in [0, 0.05) is 11.1 Å². The Balaban J connectivity index is 1.56. The minimum Gasteiger partial charge on any atom is -0.467 e. The van der Waals surface area contributed by atoms with Crippen LogP contribution in [0, 0.1) is 0 Å². The van der Waals surface area contributed by atoms with Crippen molar-refractivity contribution in [2.45, 2.75) is 19.6 Å². The Kier molecular flexibility index (Phi) is 6.01. The Bertz CT molecular complexity index is 946. The molecule has 0 unspecified atom stereocenters. The van der Waals surface area contributed by atoms with E-state index in [2.05, 4.69) is 5.32 Å². The van der Waals surface area contributed by atoms with Gasteiger partial charge in [0.25, 0.3) is 5.91 Å². The lowest BCUT2D eigenvalue weighted by Gasteiger charge is -2.13. The second-order valence-electron chi connectivity index (χ2n) is 6.12. The number of hydrogen-bond acceptors (Lipinski definition) is 5. The maximum Gasteiger partial charge on any atom is 0.338 e. The van der Waals surface area contributed by atoms with E-state index in [0.717, 1.165) is 0 Å². The number of furan rings is 1. The van der Waals surface area contributed by atoms with E-state index in [1.54, 1.807) is 48.5 Å². The molecule has 1 atom stereocenters. The van der Waals surface area contributed by atoms with Crippen molar-refractivity contribution < 1.29 is 23.5 Å². The van der Waals surface area contributed by atoms with E-state index in [0.29, 0.717) is 16.9 Å². The first kappa shape index (κ1) is 19.1. The average Bonchev–Trinajstić information content (AvgIpc) is 3.25. The number of esters is 1. The maximum atomic E-state index is 12.4. The number of ether oxygens (including phenoxy) is 1. The molecular formula is C22H19NO5. The molecule has 3 rings (SSSR count). The molecule has 0 saturated carbocycles. The second-order valence-corrected chi connectivity index (χ2v) is 6.12. The fraction of sp³-hybridized carbons (Fsp3) is 0.136. The largest absolute Gasteiger partial charge is 0.467 e. The van der Waals surface area contributed by atoms with Crippen LogP contribution in [-0.2, 0) is 16.1 Å². The normalized spacial score (nSPS) is 11.5. The van der Waals surface area contributed by atoms with Gasteiger partial charge in [0.15, 0.2) is 11.9 Å². The molecule has 1 amide bonds. The van der Waals surface area contributed by atoms with Crippen LogP contribution in [0.3, 0.4) is 0 Å². The summed E-state index contributed by atoms with van der Waals surface area (Å²) in [4.78, 5) is 36.7. The van der Waals surface area contributed by atoms with Crippen molar-refractivity contribution in [1.82, 2.24) is 5.32 Å². The van der Waals surface area contributed by atoms with E-state index in [-0.39, 0.29) is 17.9 Å². The highest BCUT2D eigenvalue weighted by molar-refractivity contribution is 6.09. The Hall–Kier alpha value is -3.67. The number of ketones is 1. The molecule has 3 aromatic rings. The minimum atomic E-state index is -0.965. The predicted molar refractivity (Wildman–Crippen MR) is 102 cm³/mol. The van der Waals surface area contributed by atoms with Gasteiger partial charge >= 0.3 is 5.97 Å². The van der Waals surface area contributed by atoms with E-state index in [4.69, 9.17) is 9.15 Å². The quantitative estimate of drug-likeness (QED) is 0.504. The highest BCUT2D eigenvalue weighted by atomic mass is 16.5. The molecule has 1 aromatic heterocycles. The summed E-state index contributed by atoms with van der Waals surface area (Å²) in [6.07, 6.45) is 0.546. The number of hydrogen-bond donors (Lipinski definition) is 1. The third-order valence-corrected chi connectivity index (χ3v) is 4.09. The first-order valence-electron chi connectivity index (χ1n) is 8.75. The van der Waals surface area contributed by atoms with Crippen LogP contribution < -0.4 is 5.32 Å². The van der Waals surface area contributed by atoms with Gasteiger partial charge in [-0.1, -0.05) is 42.5 Å². The molecule has 6 nitrogen and oxygen atoms in total. The molecule has 142 valence electrons. The Morgan fingerprint density at radius 2 is 1.54 bits per heavy atom. The summed E-state index contributed by atoms with van der Waals surface area (Å²) in [6.45, 7) is 1.70. The molecule has 2 aromatic carbocycles. The highest BCUT2D eigenvalue weighted by Gasteiger charge is 2.19. The van der Waals surface area contributed by atoms with E-state index >= 15 is 0 Å². The monoisotopic (exact) mass is 377 g/mol. The van der Waals surface area contributed by atoms with Crippen LogP contribution in [0.2, 0.25) is 0 Å². The lowest BCUT2D eigenvalue weighted by atomic mass is 10.0. The molecule has 1 N–H and O–H groups in total. The van der Waals surface area contributed by atoms with E-state index < -0.39 is 18.0 Å². The number of nitrogens with one attached hydrogen (secondary N) is 1. The van der Waals surface area contributed by atoms with Crippen LogP contribution in [0.5, 0.6) is 0 Å². The van der Waals surface area contributed by atoms with Crippen LogP contribution >= 0.6 is 0 Å². The summed E-state index contributed by atoms with van der Waals surface area (Å²) in [5.41, 5.74) is 1.29. The van der Waals surface area contributed by atoms with Crippen molar-refractivity contribution in [3.63, 3.8) is 0 Å². The molecule has 6 heteroatoms. The van der Waals surface area contributed by atoms with Crippen molar-refractivity contribution in [3.8, 4) is 0 Å². The standard InChI is InChI=1S/C22H19NO5/c1-15(21(25)23-14-19-8-5-13-27-19)28-22(26)18-11-9-17(10-12-18)20(24)16-6-3-2-4-7-16/h2-13,15H,14H2,1H3,(H,23,25)/t15-/m1/s1. The Morgan fingerprint density at radius 1 is 0.893 bits per heavy atom. The fourth-order valence-electron chi connectivity index (χ4n) is 2.53. The third-order valence-electron chi connectivity index (χ3n) is 4.09. The van der Waals surface area contributed by atoms with Gasteiger partial charge in [0.05, 0.1) is 18.4 Å². The van der Waals surface area contributed by atoms with Crippen LogP contribution in [0.4, 0.5) is 0 Å². The topological polar surface area (TPSA) is 85.6 Å². The SMILES string of the molecule is C[C@@H](OC(=O)c1ccc(C(=O)c2ccccc2)cc1)C(=O)NCc1ccco1. The zero-order valence-corrected chi connectivity index (χ0v) is 15.3. The van der Waals surface area contributed by atoms with Gasteiger partial charge < -0.3 is 14.5 Å². The van der Waals surface area contributed by atoms with Crippen molar-refractivity contribution in [3.05, 3.63) is 95.4 Å². The third kappa shape index (κ3) is 4.73. The predicted octanol–water partition coefficient (Wildman–Crippen LogP) is 3.37. The van der Waals surface area contributed by atoms with Crippen LogP contribution in [0.15, 0.2) is 77.4 Å². The molecule has 0 aliphatic heterocycles. The molecule has 0 spiro atoms. The molecule has 0 radical (unpaired) electrons. The Morgan fingerprint density at radius 3 is 2.18 bits per heavy atom. The molecule has 28 heavy (non-hydrogen) atoms. The molecule has 1 heterocycles. The first-order chi connectivity index (χ1) is 13.5. The van der Waals surface area contributed by atoms with Gasteiger partial charge in [-0.25, -0.2) is 4.79 Å². The number of carbonyl (C=O) groups is 3. The van der Waals surface area contributed by atoms with Crippen molar-refractivity contribution in [1.29, 1.82) is 0 Å². The van der Waals surface area contributed by atoms with E-state index in [1.165, 1.54) is 25.3 Å². The average molecular weight is 377 g/mol. The van der Waals surface area contributed by atoms with Gasteiger partial charge in [0.2, 0.25) is 0 Å². The number of rotatable bonds is 7. The summed E-state index contributed by atoms with van der Waals surface area (Å²) in [5.74, 6) is -0.600. The zero-order chi connectivity index (χ0) is 19.9. The van der Waals surface area contributed by atoms with Crippen molar-refractivity contribution in [2.24, 2.45) is 0 Å². The lowest BCUT2D eigenvalue weighted by molar-refractivity contribution is -0.129. The van der Waals surface area contributed by atoms with Crippen LogP contribution in [0.25, 0.3) is 0 Å². The smallest absolute Gasteiger partial charge is 0.338 e. The van der Waals surface area contributed by atoms with Crippen LogP contribution in [0.1, 0.15) is 39.0 Å². The zero-order valence-electron chi connectivity index (χ0n) is 15.3. The van der Waals surface area contributed by atoms with Crippen molar-refractivity contribution >= 4 is 17.7 Å². The second kappa shape index (κ2) is 8.81. The summed E-state index contributed by atoms with van der Waals surface area (Å²) in [7, 11) is 0. The highest BCUT2D eigenvalue weighted by Crippen LogP contribution is 2.12. The van der Waals surface area contributed by atoms with Gasteiger partial charge in [0.1, 0.15) is 5.76 Å². The van der Waals surface area contributed by atoms with Gasteiger partial charge in [-0.3, -0.25) is 9.59 Å². The summed E-state index contributed by atoms with van der Waals surface area (Å²) in [5, 5.41) is 2.63. The number of amides is 1. The van der Waals surface area contributed by atoms with Crippen molar-refractivity contribution in [2.75, 3.05) is 0 Å². The summed E-state index contributed by atoms with van der Waals surface area (Å²) >= 11 is 0. The molecule has 0 fully saturated rings. The molecule has 0 aliphatic rings. The first-order valence-corrected chi connectivity index (χ1v) is 8.75. The summed E-state index contributed by atoms with van der Waals surface area (Å²) in [6, 6.07) is 18.5. The van der Waals surface area contributed by atoms with E-state index in [9.17, 15) is 14.4 Å². The molecular weight excluding hydrogens is 358 g/mol. The maximum absolute atomic E-state index is 12.4.